The molecule has 0 spiro atoms. The third kappa shape index (κ3) is 2.52. The van der Waals surface area contributed by atoms with Crippen LogP contribution in [0.3, 0.4) is 0 Å². The first-order chi connectivity index (χ1) is 8.93. The van der Waals surface area contributed by atoms with Crippen LogP contribution in [0.4, 0.5) is 0 Å². The van der Waals surface area contributed by atoms with Gasteiger partial charge in [0.25, 0.3) is 0 Å². The van der Waals surface area contributed by atoms with Gasteiger partial charge in [-0.05, 0) is 37.4 Å². The lowest BCUT2D eigenvalue weighted by Gasteiger charge is -2.21. The van der Waals surface area contributed by atoms with Crippen molar-refractivity contribution in [3.8, 4) is 0 Å². The third-order valence-corrected chi connectivity index (χ3v) is 3.44. The molecule has 3 rings (SSSR count). The number of ether oxygens (including phenoxy) is 1. The predicted molar refractivity (Wildman–Crippen MR) is 68.2 cm³/mol. The number of hydrogen-bond donors (Lipinski definition) is 1. The van der Waals surface area contributed by atoms with E-state index in [1.165, 1.54) is 0 Å². The molecule has 5 heteroatoms. The molecule has 1 N–H and O–H groups in total. The van der Waals surface area contributed by atoms with E-state index >= 15 is 0 Å². The Bertz CT molecular complexity index is 504. The maximum absolute atomic E-state index is 5.36. The number of aromatic nitrogens is 3. The molecule has 0 saturated carbocycles. The highest BCUT2D eigenvalue weighted by atomic mass is 16.5. The fourth-order valence-electron chi connectivity index (χ4n) is 2.35. The summed E-state index contributed by atoms with van der Waals surface area (Å²) in [4.78, 5) is 0. The van der Waals surface area contributed by atoms with Crippen LogP contribution in [0.1, 0.15) is 18.7 Å². The van der Waals surface area contributed by atoms with Crippen molar-refractivity contribution in [1.29, 1.82) is 0 Å². The average molecular weight is 246 g/mol. The van der Waals surface area contributed by atoms with Gasteiger partial charge in [0.15, 0.2) is 11.5 Å². The molecule has 1 aliphatic rings. The lowest BCUT2D eigenvalue weighted by Crippen LogP contribution is -2.28. The Labute approximate surface area is 106 Å². The van der Waals surface area contributed by atoms with Crippen LogP contribution in [0, 0.1) is 5.92 Å². The Kier molecular flexibility index (Phi) is 3.52. The molecule has 1 saturated heterocycles. The maximum atomic E-state index is 5.36. The van der Waals surface area contributed by atoms with E-state index in [1.54, 1.807) is 0 Å². The Morgan fingerprint density at radius 3 is 3.06 bits per heavy atom. The summed E-state index contributed by atoms with van der Waals surface area (Å²) in [6.45, 7) is 3.61. The highest BCUT2D eigenvalue weighted by molar-refractivity contribution is 5.36. The van der Waals surface area contributed by atoms with E-state index in [1.807, 2.05) is 28.8 Å². The zero-order chi connectivity index (χ0) is 12.2. The Hall–Kier alpha value is -1.46. The standard InChI is InChI=1S/C13H18N4O/c1-2-6-17-12(3-1)15-16-13(17)10-14-9-11-4-7-18-8-5-11/h1-3,6,11,14H,4-5,7-10H2. The predicted octanol–water partition coefficient (Wildman–Crippen LogP) is 1.25. The van der Waals surface area contributed by atoms with Crippen LogP contribution in [0.2, 0.25) is 0 Å². The normalized spacial score (nSPS) is 17.3. The fourth-order valence-corrected chi connectivity index (χ4v) is 2.35. The average Bonchev–Trinajstić information content (AvgIpc) is 2.84. The van der Waals surface area contributed by atoms with Gasteiger partial charge in [0.05, 0.1) is 6.54 Å². The van der Waals surface area contributed by atoms with E-state index < -0.39 is 0 Å². The van der Waals surface area contributed by atoms with E-state index in [4.69, 9.17) is 4.74 Å². The number of fused-ring (bicyclic) bond motifs is 1. The summed E-state index contributed by atoms with van der Waals surface area (Å²) in [6, 6.07) is 5.94. The van der Waals surface area contributed by atoms with Gasteiger partial charge in [-0.15, -0.1) is 10.2 Å². The topological polar surface area (TPSA) is 51.5 Å². The van der Waals surface area contributed by atoms with Crippen molar-refractivity contribution in [1.82, 2.24) is 19.9 Å². The van der Waals surface area contributed by atoms with Gasteiger partial charge in [0.1, 0.15) is 0 Å². The van der Waals surface area contributed by atoms with E-state index in [2.05, 4.69) is 15.5 Å². The van der Waals surface area contributed by atoms with Gasteiger partial charge in [-0.25, -0.2) is 0 Å². The van der Waals surface area contributed by atoms with Crippen molar-refractivity contribution < 1.29 is 4.74 Å². The fraction of sp³-hybridized carbons (Fsp3) is 0.538. The molecule has 96 valence electrons. The van der Waals surface area contributed by atoms with E-state index in [0.717, 1.165) is 56.5 Å². The maximum Gasteiger partial charge on any atom is 0.160 e. The zero-order valence-corrected chi connectivity index (χ0v) is 10.4. The zero-order valence-electron chi connectivity index (χ0n) is 10.4. The van der Waals surface area contributed by atoms with Gasteiger partial charge in [-0.3, -0.25) is 4.40 Å². The highest BCUT2D eigenvalue weighted by Gasteiger charge is 2.13. The summed E-state index contributed by atoms with van der Waals surface area (Å²) in [5.41, 5.74) is 0.903. The summed E-state index contributed by atoms with van der Waals surface area (Å²) >= 11 is 0. The minimum atomic E-state index is 0.734. The monoisotopic (exact) mass is 246 g/mol. The van der Waals surface area contributed by atoms with Crippen LogP contribution in [0.25, 0.3) is 5.65 Å². The van der Waals surface area contributed by atoms with Gasteiger partial charge in [-0.2, -0.15) is 0 Å². The molecule has 2 aromatic rings. The van der Waals surface area contributed by atoms with E-state index in [-0.39, 0.29) is 0 Å². The number of hydrogen-bond acceptors (Lipinski definition) is 4. The van der Waals surface area contributed by atoms with Crippen LogP contribution >= 0.6 is 0 Å². The van der Waals surface area contributed by atoms with Gasteiger partial charge >= 0.3 is 0 Å². The molecule has 0 aliphatic carbocycles. The summed E-state index contributed by atoms with van der Waals surface area (Å²) < 4.78 is 7.38. The van der Waals surface area contributed by atoms with E-state index in [9.17, 15) is 0 Å². The second kappa shape index (κ2) is 5.46. The molecule has 0 radical (unpaired) electrons. The quantitative estimate of drug-likeness (QED) is 0.882. The lowest BCUT2D eigenvalue weighted by atomic mass is 10.0. The van der Waals surface area contributed by atoms with Crippen LogP contribution in [-0.4, -0.2) is 34.4 Å². The van der Waals surface area contributed by atoms with Crippen LogP contribution in [0.15, 0.2) is 24.4 Å². The summed E-state index contributed by atoms with van der Waals surface area (Å²) in [6.07, 6.45) is 4.32. The second-order valence-electron chi connectivity index (χ2n) is 4.73. The van der Waals surface area contributed by atoms with Gasteiger partial charge in [0, 0.05) is 19.4 Å². The van der Waals surface area contributed by atoms with Gasteiger partial charge < -0.3 is 10.1 Å². The molecule has 0 amide bonds. The SMILES string of the molecule is c1ccn2c(CNCC3CCOCC3)nnc2c1. The summed E-state index contributed by atoms with van der Waals surface area (Å²) in [5.74, 6) is 1.70. The molecule has 0 unspecified atom stereocenters. The molecular formula is C13H18N4O. The first-order valence-corrected chi connectivity index (χ1v) is 6.50. The summed E-state index contributed by atoms with van der Waals surface area (Å²) in [5, 5.41) is 11.8. The van der Waals surface area contributed by atoms with E-state index in [0.29, 0.717) is 0 Å². The largest absolute Gasteiger partial charge is 0.381 e. The van der Waals surface area contributed by atoms with Crippen molar-refractivity contribution >= 4 is 5.65 Å². The minimum Gasteiger partial charge on any atom is -0.381 e. The molecule has 2 aromatic heterocycles. The molecule has 0 atom stereocenters. The van der Waals surface area contributed by atoms with Crippen molar-refractivity contribution in [2.24, 2.45) is 5.92 Å². The van der Waals surface area contributed by atoms with Gasteiger partial charge in [0.2, 0.25) is 0 Å². The Morgan fingerprint density at radius 2 is 2.17 bits per heavy atom. The molecule has 0 aromatic carbocycles. The first kappa shape index (κ1) is 11.6. The first-order valence-electron chi connectivity index (χ1n) is 6.50. The van der Waals surface area contributed by atoms with Crippen LogP contribution in [-0.2, 0) is 11.3 Å². The number of rotatable bonds is 4. The number of nitrogens with one attached hydrogen (secondary N) is 1. The van der Waals surface area contributed by atoms with Crippen LogP contribution < -0.4 is 5.32 Å². The van der Waals surface area contributed by atoms with Crippen molar-refractivity contribution in [2.45, 2.75) is 19.4 Å². The smallest absolute Gasteiger partial charge is 0.160 e. The molecule has 1 aliphatic heterocycles. The van der Waals surface area contributed by atoms with Crippen molar-refractivity contribution in [3.63, 3.8) is 0 Å². The number of pyridine rings is 1. The lowest BCUT2D eigenvalue weighted by molar-refractivity contribution is 0.0662. The molecule has 3 heterocycles. The minimum absolute atomic E-state index is 0.734. The Balaban J connectivity index is 1.56. The highest BCUT2D eigenvalue weighted by Crippen LogP contribution is 2.13. The van der Waals surface area contributed by atoms with Crippen LogP contribution in [0.5, 0.6) is 0 Å². The van der Waals surface area contributed by atoms with Crippen molar-refractivity contribution in [2.75, 3.05) is 19.8 Å². The third-order valence-electron chi connectivity index (χ3n) is 3.44. The summed E-state index contributed by atoms with van der Waals surface area (Å²) in [7, 11) is 0. The van der Waals surface area contributed by atoms with Gasteiger partial charge in [-0.1, -0.05) is 6.07 Å². The second-order valence-corrected chi connectivity index (χ2v) is 4.73. The molecular weight excluding hydrogens is 228 g/mol. The Morgan fingerprint density at radius 1 is 1.28 bits per heavy atom. The molecule has 0 bridgehead atoms. The number of nitrogens with zero attached hydrogens (tertiary/aromatic N) is 3. The van der Waals surface area contributed by atoms with Crippen molar-refractivity contribution in [3.05, 3.63) is 30.2 Å². The molecule has 5 nitrogen and oxygen atoms in total. The molecule has 1 fully saturated rings. The molecule has 18 heavy (non-hydrogen) atoms.